The van der Waals surface area contributed by atoms with Gasteiger partial charge in [-0.1, -0.05) is 0 Å². The van der Waals surface area contributed by atoms with Crippen LogP contribution in [0.25, 0.3) is 32.9 Å². The highest BCUT2D eigenvalue weighted by Gasteiger charge is 2.22. The monoisotopic (exact) mass is 774 g/mol. The molecule has 0 spiro atoms. The maximum absolute atomic E-state index is 14.9. The number of hydrogen-bond acceptors (Lipinski definition) is 10. The van der Waals surface area contributed by atoms with Crippen LogP contribution in [0.5, 0.6) is 23.0 Å². The zero-order valence-corrected chi connectivity index (χ0v) is 32.3. The lowest BCUT2D eigenvalue weighted by Gasteiger charge is -2.09. The normalized spacial score (nSPS) is 11.2. The molecule has 0 aliphatic heterocycles. The van der Waals surface area contributed by atoms with Crippen LogP contribution >= 0.6 is 0 Å². The van der Waals surface area contributed by atoms with Crippen molar-refractivity contribution in [2.24, 2.45) is 0 Å². The predicted octanol–water partition coefficient (Wildman–Crippen LogP) is 8.57. The van der Waals surface area contributed by atoms with Crippen molar-refractivity contribution in [2.45, 2.75) is 41.5 Å². The molecule has 6 aromatic heterocycles. The Morgan fingerprint density at radius 2 is 1.37 bits per heavy atom. The van der Waals surface area contributed by atoms with E-state index in [0.29, 0.717) is 90.3 Å². The largest absolute Gasteiger partial charge is 0.462 e. The Morgan fingerprint density at radius 1 is 0.772 bits per heavy atom. The number of ether oxygens (including phenoxy) is 4. The van der Waals surface area contributed by atoms with Crippen LogP contribution in [-0.4, -0.2) is 62.3 Å². The van der Waals surface area contributed by atoms with Crippen molar-refractivity contribution in [2.75, 3.05) is 20.3 Å². The molecule has 0 fully saturated rings. The molecule has 0 aliphatic rings. The molecule has 8 aromatic rings. The van der Waals surface area contributed by atoms with E-state index in [4.69, 9.17) is 23.4 Å². The zero-order chi connectivity index (χ0) is 40.5. The lowest BCUT2D eigenvalue weighted by Crippen LogP contribution is -2.18. The van der Waals surface area contributed by atoms with Crippen LogP contribution < -0.4 is 14.8 Å². The Morgan fingerprint density at radius 3 is 1.95 bits per heavy atom. The third kappa shape index (κ3) is 7.10. The fraction of sp³-hybridized carbons (Fsp3) is 0.214. The predicted molar refractivity (Wildman–Crippen MR) is 209 cm³/mol. The molecule has 0 atom stereocenters. The van der Waals surface area contributed by atoms with Gasteiger partial charge in [-0.25, -0.2) is 23.0 Å². The average Bonchev–Trinajstić information content (AvgIpc) is 3.94. The first-order valence-electron chi connectivity index (χ1n) is 18.1. The Balaban J connectivity index is 0.000000175. The van der Waals surface area contributed by atoms with Crippen LogP contribution in [0, 0.1) is 33.5 Å². The van der Waals surface area contributed by atoms with Gasteiger partial charge in [0.15, 0.2) is 23.1 Å². The number of aromatic amines is 1. The highest BCUT2D eigenvalue weighted by atomic mass is 19.1. The van der Waals surface area contributed by atoms with Gasteiger partial charge in [-0.15, -0.1) is 0 Å². The van der Waals surface area contributed by atoms with Gasteiger partial charge in [0.1, 0.15) is 28.1 Å². The van der Waals surface area contributed by atoms with Crippen molar-refractivity contribution in [1.29, 1.82) is 0 Å². The molecule has 14 nitrogen and oxygen atoms in total. The number of hydrogen-bond donors (Lipinski definition) is 2. The summed E-state index contributed by atoms with van der Waals surface area (Å²) in [5.41, 5.74) is 6.11. The number of carbonyl (C=O) groups excluding carboxylic acids is 3. The number of benzene rings is 2. The molecule has 0 saturated carbocycles. The summed E-state index contributed by atoms with van der Waals surface area (Å²) >= 11 is 0. The first kappa shape index (κ1) is 38.1. The number of halogens is 1. The van der Waals surface area contributed by atoms with Crippen molar-refractivity contribution in [3.05, 3.63) is 118 Å². The summed E-state index contributed by atoms with van der Waals surface area (Å²) in [7, 11) is 1.58. The number of aryl methyl sites for hydroxylation is 4. The van der Waals surface area contributed by atoms with Gasteiger partial charge < -0.3 is 33.7 Å². The van der Waals surface area contributed by atoms with Gasteiger partial charge in [0, 0.05) is 59.6 Å². The number of rotatable bonds is 9. The molecule has 1 amide bonds. The standard InChI is InChI=1S/C22H21N3O5.C20H18FN3O3/c1-5-28-22(27)16-11-25-20(12(16)2)17(8-9-24-25)30-14-6-7-15-18(10-14)29-13(3)19(15)21(26)23-4;1-4-26-20(25)14-10-24-19(12(14)3)17(7-8-22-24)27-16-6-5-15-13(18(16)21)9-11(2)23-15/h6-11H,5H2,1-4H3,(H,23,26);5-10,23H,4H2,1-3H3. The summed E-state index contributed by atoms with van der Waals surface area (Å²) in [6, 6.07) is 13.7. The summed E-state index contributed by atoms with van der Waals surface area (Å²) < 4.78 is 45.9. The fourth-order valence-electron chi connectivity index (χ4n) is 6.72. The van der Waals surface area contributed by atoms with Crippen LogP contribution in [0.3, 0.4) is 0 Å². The van der Waals surface area contributed by atoms with Gasteiger partial charge >= 0.3 is 11.9 Å². The van der Waals surface area contributed by atoms with E-state index >= 15 is 0 Å². The van der Waals surface area contributed by atoms with Crippen molar-refractivity contribution in [3.8, 4) is 23.0 Å². The maximum Gasteiger partial charge on any atom is 0.340 e. The molecule has 57 heavy (non-hydrogen) atoms. The third-order valence-corrected chi connectivity index (χ3v) is 9.35. The van der Waals surface area contributed by atoms with E-state index in [2.05, 4.69) is 20.5 Å². The molecule has 2 aromatic carbocycles. The van der Waals surface area contributed by atoms with Crippen LogP contribution in [-0.2, 0) is 9.47 Å². The van der Waals surface area contributed by atoms with Crippen LogP contribution in [0.1, 0.15) is 67.5 Å². The third-order valence-electron chi connectivity index (χ3n) is 9.35. The minimum absolute atomic E-state index is 0.105. The van der Waals surface area contributed by atoms with E-state index in [-0.39, 0.29) is 18.3 Å². The van der Waals surface area contributed by atoms with E-state index in [0.717, 1.165) is 5.69 Å². The molecule has 0 bridgehead atoms. The second-order valence-corrected chi connectivity index (χ2v) is 13.0. The maximum atomic E-state index is 14.9. The smallest absolute Gasteiger partial charge is 0.340 e. The Bertz CT molecular complexity index is 2850. The molecule has 2 N–H and O–H groups in total. The molecule has 0 aliphatic carbocycles. The number of nitrogens with one attached hydrogen (secondary N) is 2. The number of carbonyl (C=O) groups is 3. The molecule has 8 rings (SSSR count). The quantitative estimate of drug-likeness (QED) is 0.136. The van der Waals surface area contributed by atoms with Crippen molar-refractivity contribution in [1.82, 2.24) is 29.5 Å². The first-order chi connectivity index (χ1) is 27.4. The van der Waals surface area contributed by atoms with E-state index in [1.807, 2.05) is 13.8 Å². The van der Waals surface area contributed by atoms with Gasteiger partial charge in [-0.3, -0.25) is 4.79 Å². The molecule has 6 heterocycles. The van der Waals surface area contributed by atoms with Gasteiger partial charge in [-0.2, -0.15) is 10.2 Å². The minimum atomic E-state index is -0.443. The number of H-pyrrole nitrogens is 1. The summed E-state index contributed by atoms with van der Waals surface area (Å²) in [5.74, 6) is 0.638. The second-order valence-electron chi connectivity index (χ2n) is 13.0. The van der Waals surface area contributed by atoms with Crippen molar-refractivity contribution >= 4 is 50.8 Å². The van der Waals surface area contributed by atoms with E-state index < -0.39 is 17.8 Å². The number of aromatic nitrogens is 5. The number of esters is 2. The Hall–Kier alpha value is -7.16. The van der Waals surface area contributed by atoms with Gasteiger partial charge in [0.2, 0.25) is 0 Å². The summed E-state index contributed by atoms with van der Waals surface area (Å²) in [6.07, 6.45) is 6.35. The lowest BCUT2D eigenvalue weighted by molar-refractivity contribution is 0.0516. The molecule has 292 valence electrons. The highest BCUT2D eigenvalue weighted by Crippen LogP contribution is 2.36. The summed E-state index contributed by atoms with van der Waals surface area (Å²) in [6.45, 7) is 11.3. The topological polar surface area (TPSA) is 164 Å². The average molecular weight is 775 g/mol. The molecule has 0 saturated heterocycles. The van der Waals surface area contributed by atoms with Crippen LogP contribution in [0.2, 0.25) is 0 Å². The number of nitrogens with zero attached hydrogens (tertiary/aromatic N) is 4. The zero-order valence-electron chi connectivity index (χ0n) is 32.3. The van der Waals surface area contributed by atoms with E-state index in [1.165, 1.54) is 10.7 Å². The summed E-state index contributed by atoms with van der Waals surface area (Å²) in [4.78, 5) is 39.6. The van der Waals surface area contributed by atoms with Crippen LogP contribution in [0.4, 0.5) is 4.39 Å². The number of furan rings is 1. The Kier molecular flexibility index (Phi) is 10.4. The lowest BCUT2D eigenvalue weighted by atomic mass is 10.1. The number of amides is 1. The van der Waals surface area contributed by atoms with Crippen molar-refractivity contribution in [3.63, 3.8) is 0 Å². The molecule has 0 unspecified atom stereocenters. The summed E-state index contributed by atoms with van der Waals surface area (Å²) in [5, 5.41) is 12.3. The number of fused-ring (bicyclic) bond motifs is 4. The molecule has 15 heteroatoms. The van der Waals surface area contributed by atoms with E-state index in [9.17, 15) is 18.8 Å². The highest BCUT2D eigenvalue weighted by molar-refractivity contribution is 6.07. The SMILES string of the molecule is CCOC(=O)c1cn2nccc(Oc3ccc4[nH]c(C)cc4c3F)c2c1C.CCOC(=O)c1cn2nccc(Oc3ccc4c(C(=O)NC)c(C)oc4c3)c2c1C. The van der Waals surface area contributed by atoms with Gasteiger partial charge in [0.05, 0.1) is 42.3 Å². The van der Waals surface area contributed by atoms with E-state index in [1.54, 1.807) is 106 Å². The fourth-order valence-corrected chi connectivity index (χ4v) is 6.72. The van der Waals surface area contributed by atoms with Crippen molar-refractivity contribution < 1.29 is 42.1 Å². The van der Waals surface area contributed by atoms with Gasteiger partial charge in [-0.05, 0) is 83.0 Å². The minimum Gasteiger partial charge on any atom is -0.462 e. The van der Waals surface area contributed by atoms with Gasteiger partial charge in [0.25, 0.3) is 5.91 Å². The Labute approximate surface area is 325 Å². The molecular weight excluding hydrogens is 735 g/mol. The molecular formula is C42H39FN6O8. The molecule has 0 radical (unpaired) electrons. The first-order valence-corrected chi connectivity index (χ1v) is 18.1. The second kappa shape index (κ2) is 15.5. The van der Waals surface area contributed by atoms with Crippen LogP contribution in [0.15, 0.2) is 77.7 Å².